The van der Waals surface area contributed by atoms with Gasteiger partial charge in [-0.25, -0.2) is 0 Å². The van der Waals surface area contributed by atoms with Gasteiger partial charge in [-0.15, -0.1) is 10.2 Å². The molecule has 1 aliphatic carbocycles. The van der Waals surface area contributed by atoms with Gasteiger partial charge in [-0.2, -0.15) is 0 Å². The maximum atomic E-state index is 4.29. The molecule has 1 aromatic carbocycles. The molecular formula is C16H16N4S. The Morgan fingerprint density at radius 1 is 1.10 bits per heavy atom. The van der Waals surface area contributed by atoms with Crippen molar-refractivity contribution in [2.45, 2.75) is 35.5 Å². The molecule has 4 rings (SSSR count). The highest BCUT2D eigenvalue weighted by molar-refractivity contribution is 7.99. The fourth-order valence-corrected chi connectivity index (χ4v) is 3.23. The number of pyridine rings is 1. The quantitative estimate of drug-likeness (QED) is 0.785. The predicted octanol–water partition coefficient (Wildman–Crippen LogP) is 3.13. The number of fused-ring (bicyclic) bond motifs is 1. The predicted molar refractivity (Wildman–Crippen MR) is 83.4 cm³/mol. The van der Waals surface area contributed by atoms with Gasteiger partial charge in [0, 0.05) is 23.7 Å². The zero-order chi connectivity index (χ0) is 14.1. The molecule has 0 spiro atoms. The van der Waals surface area contributed by atoms with E-state index in [-0.39, 0.29) is 0 Å². The molecule has 0 unspecified atom stereocenters. The maximum Gasteiger partial charge on any atom is 0.200 e. The SMILES string of the molecule is c1ccc(Sc2nnc3ccccn23)c(CNC2CC2)c1. The van der Waals surface area contributed by atoms with Gasteiger partial charge in [0.25, 0.3) is 0 Å². The van der Waals surface area contributed by atoms with E-state index in [1.54, 1.807) is 11.8 Å². The van der Waals surface area contributed by atoms with E-state index >= 15 is 0 Å². The minimum Gasteiger partial charge on any atom is -0.310 e. The molecule has 5 heteroatoms. The summed E-state index contributed by atoms with van der Waals surface area (Å²) in [6, 6.07) is 15.2. The monoisotopic (exact) mass is 296 g/mol. The van der Waals surface area contributed by atoms with Crippen molar-refractivity contribution in [2.24, 2.45) is 0 Å². The number of aromatic nitrogens is 3. The van der Waals surface area contributed by atoms with Crippen molar-refractivity contribution in [1.82, 2.24) is 19.9 Å². The Labute approximate surface area is 127 Å². The number of benzene rings is 1. The summed E-state index contributed by atoms with van der Waals surface area (Å²) in [5.74, 6) is 0. The van der Waals surface area contributed by atoms with Crippen LogP contribution in [0, 0.1) is 0 Å². The number of nitrogens with zero attached hydrogens (tertiary/aromatic N) is 3. The van der Waals surface area contributed by atoms with Crippen molar-refractivity contribution in [2.75, 3.05) is 0 Å². The van der Waals surface area contributed by atoms with Crippen LogP contribution >= 0.6 is 11.8 Å². The summed E-state index contributed by atoms with van der Waals surface area (Å²) < 4.78 is 2.02. The highest BCUT2D eigenvalue weighted by Gasteiger charge is 2.20. The molecule has 21 heavy (non-hydrogen) atoms. The Kier molecular flexibility index (Phi) is 3.37. The third-order valence-corrected chi connectivity index (χ3v) is 4.69. The second-order valence-electron chi connectivity index (χ2n) is 5.28. The summed E-state index contributed by atoms with van der Waals surface area (Å²) in [7, 11) is 0. The Balaban J connectivity index is 1.61. The summed E-state index contributed by atoms with van der Waals surface area (Å²) >= 11 is 1.67. The van der Waals surface area contributed by atoms with Crippen LogP contribution in [0.1, 0.15) is 18.4 Å². The van der Waals surface area contributed by atoms with E-state index in [2.05, 4.69) is 39.8 Å². The van der Waals surface area contributed by atoms with Crippen molar-refractivity contribution in [3.8, 4) is 0 Å². The van der Waals surface area contributed by atoms with E-state index in [1.165, 1.54) is 23.3 Å². The average Bonchev–Trinajstić information content (AvgIpc) is 3.27. The molecule has 1 N–H and O–H groups in total. The molecule has 106 valence electrons. The summed E-state index contributed by atoms with van der Waals surface area (Å²) in [6.07, 6.45) is 4.62. The van der Waals surface area contributed by atoms with Gasteiger partial charge in [-0.1, -0.05) is 24.3 Å². The zero-order valence-electron chi connectivity index (χ0n) is 11.6. The molecule has 1 aliphatic rings. The van der Waals surface area contributed by atoms with Crippen LogP contribution in [0.15, 0.2) is 58.7 Å². The standard InChI is InChI=1S/C16H16N4S/c1-2-6-14(12(5-1)11-17-13-8-9-13)21-16-19-18-15-7-3-4-10-20(15)16/h1-7,10,13,17H,8-9,11H2. The first-order valence-electron chi connectivity index (χ1n) is 7.19. The van der Waals surface area contributed by atoms with Crippen molar-refractivity contribution >= 4 is 17.4 Å². The van der Waals surface area contributed by atoms with E-state index in [4.69, 9.17) is 0 Å². The van der Waals surface area contributed by atoms with Crippen LogP contribution in [0.2, 0.25) is 0 Å². The first kappa shape index (κ1) is 12.9. The van der Waals surface area contributed by atoms with Crippen LogP contribution in [0.3, 0.4) is 0 Å². The lowest BCUT2D eigenvalue weighted by Crippen LogP contribution is -2.15. The second-order valence-corrected chi connectivity index (χ2v) is 6.29. The molecule has 0 atom stereocenters. The van der Waals surface area contributed by atoms with Gasteiger partial charge in [-0.3, -0.25) is 4.40 Å². The molecule has 2 heterocycles. The highest BCUT2D eigenvalue weighted by Crippen LogP contribution is 2.30. The Morgan fingerprint density at radius 3 is 2.86 bits per heavy atom. The molecule has 1 saturated carbocycles. The van der Waals surface area contributed by atoms with Gasteiger partial charge in [0.15, 0.2) is 10.8 Å². The molecule has 0 saturated heterocycles. The largest absolute Gasteiger partial charge is 0.310 e. The smallest absolute Gasteiger partial charge is 0.200 e. The Morgan fingerprint density at radius 2 is 1.95 bits per heavy atom. The minimum atomic E-state index is 0.719. The topological polar surface area (TPSA) is 42.2 Å². The maximum absolute atomic E-state index is 4.29. The summed E-state index contributed by atoms with van der Waals surface area (Å²) in [5.41, 5.74) is 2.20. The Bertz CT molecular complexity index is 764. The van der Waals surface area contributed by atoms with Crippen LogP contribution in [-0.4, -0.2) is 20.6 Å². The average molecular weight is 296 g/mol. The fraction of sp³-hybridized carbons (Fsp3) is 0.250. The molecule has 0 radical (unpaired) electrons. The number of rotatable bonds is 5. The van der Waals surface area contributed by atoms with Crippen molar-refractivity contribution in [3.05, 3.63) is 54.2 Å². The molecule has 4 nitrogen and oxygen atoms in total. The van der Waals surface area contributed by atoms with Crippen LogP contribution in [0.5, 0.6) is 0 Å². The van der Waals surface area contributed by atoms with Crippen LogP contribution in [0.25, 0.3) is 5.65 Å². The molecule has 0 bridgehead atoms. The van der Waals surface area contributed by atoms with Gasteiger partial charge in [-0.05, 0) is 48.4 Å². The summed E-state index contributed by atoms with van der Waals surface area (Å²) in [6.45, 7) is 0.921. The Hall–Kier alpha value is -1.85. The summed E-state index contributed by atoms with van der Waals surface area (Å²) in [4.78, 5) is 1.24. The third kappa shape index (κ3) is 2.80. The second kappa shape index (κ2) is 5.50. The minimum absolute atomic E-state index is 0.719. The van der Waals surface area contributed by atoms with Gasteiger partial charge in [0.2, 0.25) is 0 Å². The third-order valence-electron chi connectivity index (χ3n) is 3.61. The molecule has 2 aromatic heterocycles. The molecule has 0 aliphatic heterocycles. The first-order chi connectivity index (χ1) is 10.4. The number of hydrogen-bond donors (Lipinski definition) is 1. The van der Waals surface area contributed by atoms with Crippen molar-refractivity contribution in [1.29, 1.82) is 0 Å². The van der Waals surface area contributed by atoms with Gasteiger partial charge < -0.3 is 5.32 Å². The first-order valence-corrected chi connectivity index (χ1v) is 8.01. The van der Waals surface area contributed by atoms with E-state index in [0.717, 1.165) is 23.4 Å². The summed E-state index contributed by atoms with van der Waals surface area (Å²) in [5, 5.41) is 13.0. The van der Waals surface area contributed by atoms with Crippen LogP contribution in [0.4, 0.5) is 0 Å². The lowest BCUT2D eigenvalue weighted by molar-refractivity contribution is 0.680. The van der Waals surface area contributed by atoms with Crippen molar-refractivity contribution < 1.29 is 0 Å². The van der Waals surface area contributed by atoms with Crippen LogP contribution < -0.4 is 5.32 Å². The van der Waals surface area contributed by atoms with E-state index < -0.39 is 0 Å². The lowest BCUT2D eigenvalue weighted by Gasteiger charge is -2.08. The molecular weight excluding hydrogens is 280 g/mol. The number of hydrogen-bond acceptors (Lipinski definition) is 4. The van der Waals surface area contributed by atoms with Gasteiger partial charge in [0.1, 0.15) is 0 Å². The lowest BCUT2D eigenvalue weighted by atomic mass is 10.2. The van der Waals surface area contributed by atoms with Gasteiger partial charge >= 0.3 is 0 Å². The zero-order valence-corrected chi connectivity index (χ0v) is 12.4. The van der Waals surface area contributed by atoms with E-state index in [9.17, 15) is 0 Å². The number of nitrogens with one attached hydrogen (secondary N) is 1. The molecule has 3 aromatic rings. The fourth-order valence-electron chi connectivity index (χ4n) is 2.28. The van der Waals surface area contributed by atoms with E-state index in [0.29, 0.717) is 0 Å². The highest BCUT2D eigenvalue weighted by atomic mass is 32.2. The molecule has 0 amide bonds. The van der Waals surface area contributed by atoms with Crippen LogP contribution in [-0.2, 0) is 6.54 Å². The van der Waals surface area contributed by atoms with Crippen molar-refractivity contribution in [3.63, 3.8) is 0 Å². The molecule has 1 fully saturated rings. The van der Waals surface area contributed by atoms with Gasteiger partial charge in [0.05, 0.1) is 0 Å². The normalized spacial score (nSPS) is 14.7. The van der Waals surface area contributed by atoms with E-state index in [1.807, 2.05) is 28.8 Å².